The molecule has 0 saturated carbocycles. The van der Waals surface area contributed by atoms with Crippen LogP contribution in [0.4, 0.5) is 0 Å². The molecule has 0 bridgehead atoms. The van der Waals surface area contributed by atoms with Crippen LogP contribution in [0.15, 0.2) is 22.9 Å². The van der Waals surface area contributed by atoms with Crippen molar-refractivity contribution in [3.05, 3.63) is 35.5 Å². The van der Waals surface area contributed by atoms with Gasteiger partial charge in [0.25, 0.3) is 0 Å². The molecule has 2 aromatic heterocycles. The highest BCUT2D eigenvalue weighted by molar-refractivity contribution is 5.86. The quantitative estimate of drug-likeness (QED) is 0.752. The molecule has 0 aliphatic carbocycles. The molecule has 8 nitrogen and oxygen atoms in total. The number of likely N-dealkylation sites (tertiary alicyclic amines) is 2. The minimum Gasteiger partial charge on any atom is -0.359 e. The summed E-state index contributed by atoms with van der Waals surface area (Å²) in [7, 11) is 0. The number of carbonyl (C=O) groups is 2. The second-order valence-corrected chi connectivity index (χ2v) is 8.65. The lowest BCUT2D eigenvalue weighted by Gasteiger charge is -2.51. The average Bonchev–Trinajstić information content (AvgIpc) is 3.35. The van der Waals surface area contributed by atoms with Gasteiger partial charge in [-0.05, 0) is 52.0 Å². The smallest absolute Gasteiger partial charge is 0.244 e. The predicted octanol–water partition coefficient (Wildman–Crippen LogP) is 2.56. The van der Waals surface area contributed by atoms with Crippen LogP contribution in [0.5, 0.6) is 0 Å². The lowest BCUT2D eigenvalue weighted by molar-refractivity contribution is -0.160. The van der Waals surface area contributed by atoms with Crippen LogP contribution >= 0.6 is 0 Å². The Morgan fingerprint density at radius 2 is 2.07 bits per heavy atom. The first-order valence-electron chi connectivity index (χ1n) is 11.0. The van der Waals surface area contributed by atoms with Crippen molar-refractivity contribution in [1.82, 2.24) is 24.7 Å². The Bertz CT molecular complexity index is 916. The Morgan fingerprint density at radius 1 is 1.30 bits per heavy atom. The van der Waals surface area contributed by atoms with E-state index in [0.717, 1.165) is 55.8 Å². The topological polar surface area (TPSA) is 84.5 Å². The average molecular weight is 414 g/mol. The molecule has 0 N–H and O–H groups in total. The highest BCUT2D eigenvalue weighted by Crippen LogP contribution is 2.44. The first-order valence-corrected chi connectivity index (χ1v) is 11.0. The van der Waals surface area contributed by atoms with E-state index in [1.54, 1.807) is 4.68 Å². The van der Waals surface area contributed by atoms with Gasteiger partial charge in [0.05, 0.1) is 23.3 Å². The summed E-state index contributed by atoms with van der Waals surface area (Å²) in [4.78, 5) is 30.5. The molecule has 0 radical (unpaired) electrons. The summed E-state index contributed by atoms with van der Waals surface area (Å²) >= 11 is 0. The normalized spacial score (nSPS) is 24.6. The third-order valence-corrected chi connectivity index (χ3v) is 6.76. The number of nitrogens with zero attached hydrogens (tertiary/aromatic N) is 5. The third kappa shape index (κ3) is 3.75. The van der Waals surface area contributed by atoms with Gasteiger partial charge in [0.1, 0.15) is 6.54 Å². The fourth-order valence-electron chi connectivity index (χ4n) is 5.05. The van der Waals surface area contributed by atoms with Crippen molar-refractivity contribution in [3.63, 3.8) is 0 Å². The lowest BCUT2D eigenvalue weighted by atomic mass is 9.67. The number of amides is 2. The number of hydrogen-bond donors (Lipinski definition) is 0. The van der Waals surface area contributed by atoms with Crippen molar-refractivity contribution in [2.75, 3.05) is 13.1 Å². The van der Waals surface area contributed by atoms with Crippen LogP contribution in [0, 0.1) is 12.3 Å². The molecule has 4 rings (SSSR count). The molecule has 2 aromatic rings. The predicted molar refractivity (Wildman–Crippen MR) is 110 cm³/mol. The number of carbonyl (C=O) groups excluding carboxylic acids is 2. The number of aryl methyl sites for hydroxylation is 2. The lowest BCUT2D eigenvalue weighted by Crippen LogP contribution is -2.61. The Hall–Kier alpha value is -2.64. The number of piperidine rings is 2. The molecular formula is C22H31N5O3. The van der Waals surface area contributed by atoms with Gasteiger partial charge in [-0.2, -0.15) is 5.10 Å². The highest BCUT2D eigenvalue weighted by Gasteiger charge is 2.52. The zero-order valence-electron chi connectivity index (χ0n) is 18.1. The van der Waals surface area contributed by atoms with Crippen LogP contribution < -0.4 is 0 Å². The summed E-state index contributed by atoms with van der Waals surface area (Å²) in [6, 6.07) is 3.69. The molecule has 2 aliphatic rings. The number of aromatic nitrogens is 3. The molecule has 0 unspecified atom stereocenters. The fraction of sp³-hybridized carbons (Fsp3) is 0.636. The van der Waals surface area contributed by atoms with Gasteiger partial charge in [-0.15, -0.1) is 0 Å². The zero-order valence-corrected chi connectivity index (χ0v) is 18.1. The number of rotatable bonds is 5. The van der Waals surface area contributed by atoms with Crippen LogP contribution in [0.25, 0.3) is 0 Å². The fourth-order valence-corrected chi connectivity index (χ4v) is 5.05. The molecule has 8 heteroatoms. The SMILES string of the molecule is CCc1cc(CN2CCC[C@@]3(CCCN(C(=O)Cn4ccc(C)n4)[C@H]3C)C2=O)on1. The van der Waals surface area contributed by atoms with Crippen molar-refractivity contribution < 1.29 is 14.1 Å². The molecule has 4 heterocycles. The summed E-state index contributed by atoms with van der Waals surface area (Å²) in [5.74, 6) is 0.892. The summed E-state index contributed by atoms with van der Waals surface area (Å²) < 4.78 is 7.10. The Morgan fingerprint density at radius 3 is 2.73 bits per heavy atom. The maximum Gasteiger partial charge on any atom is 0.244 e. The van der Waals surface area contributed by atoms with Crippen molar-refractivity contribution >= 4 is 11.8 Å². The van der Waals surface area contributed by atoms with Crippen molar-refractivity contribution in [2.24, 2.45) is 5.41 Å². The van der Waals surface area contributed by atoms with E-state index >= 15 is 0 Å². The van der Waals surface area contributed by atoms with Crippen molar-refractivity contribution in [1.29, 1.82) is 0 Å². The molecular weight excluding hydrogens is 382 g/mol. The van der Waals surface area contributed by atoms with Gasteiger partial charge < -0.3 is 14.3 Å². The van der Waals surface area contributed by atoms with E-state index in [4.69, 9.17) is 4.52 Å². The van der Waals surface area contributed by atoms with E-state index in [1.807, 2.05) is 48.9 Å². The van der Waals surface area contributed by atoms with E-state index in [1.165, 1.54) is 0 Å². The molecule has 2 fully saturated rings. The molecule has 30 heavy (non-hydrogen) atoms. The van der Waals surface area contributed by atoms with Gasteiger partial charge in [-0.3, -0.25) is 14.3 Å². The molecule has 2 atom stereocenters. The van der Waals surface area contributed by atoms with Crippen molar-refractivity contribution in [2.45, 2.75) is 72.0 Å². The zero-order chi connectivity index (χ0) is 21.3. The van der Waals surface area contributed by atoms with Crippen LogP contribution in [0.2, 0.25) is 0 Å². The largest absolute Gasteiger partial charge is 0.359 e. The Labute approximate surface area is 177 Å². The van der Waals surface area contributed by atoms with Gasteiger partial charge in [-0.1, -0.05) is 12.1 Å². The van der Waals surface area contributed by atoms with Gasteiger partial charge >= 0.3 is 0 Å². The van der Waals surface area contributed by atoms with Crippen molar-refractivity contribution in [3.8, 4) is 0 Å². The summed E-state index contributed by atoms with van der Waals surface area (Å²) in [6.45, 7) is 8.05. The third-order valence-electron chi connectivity index (χ3n) is 6.76. The van der Waals surface area contributed by atoms with Gasteiger partial charge in [0, 0.05) is 31.4 Å². The van der Waals surface area contributed by atoms with E-state index in [2.05, 4.69) is 10.3 Å². The summed E-state index contributed by atoms with van der Waals surface area (Å²) in [6.07, 6.45) is 6.06. The molecule has 0 aromatic carbocycles. The maximum absolute atomic E-state index is 13.6. The second kappa shape index (κ2) is 8.24. The molecule has 162 valence electrons. The Balaban J connectivity index is 1.49. The molecule has 2 aliphatic heterocycles. The van der Waals surface area contributed by atoms with E-state index in [9.17, 15) is 9.59 Å². The van der Waals surface area contributed by atoms with E-state index in [-0.39, 0.29) is 24.4 Å². The first-order chi connectivity index (χ1) is 14.4. The second-order valence-electron chi connectivity index (χ2n) is 8.65. The molecule has 1 spiro atoms. The van der Waals surface area contributed by atoms with Gasteiger partial charge in [0.15, 0.2) is 5.76 Å². The maximum atomic E-state index is 13.6. The molecule has 2 amide bonds. The number of hydrogen-bond acceptors (Lipinski definition) is 5. The summed E-state index contributed by atoms with van der Waals surface area (Å²) in [5.41, 5.74) is 1.28. The minimum absolute atomic E-state index is 0.0254. The summed E-state index contributed by atoms with van der Waals surface area (Å²) in [5, 5.41) is 8.38. The minimum atomic E-state index is -0.514. The van der Waals surface area contributed by atoms with Crippen LogP contribution in [0.1, 0.15) is 56.7 Å². The highest BCUT2D eigenvalue weighted by atomic mass is 16.5. The van der Waals surface area contributed by atoms with Gasteiger partial charge in [-0.25, -0.2) is 0 Å². The van der Waals surface area contributed by atoms with E-state index < -0.39 is 5.41 Å². The van der Waals surface area contributed by atoms with Gasteiger partial charge in [0.2, 0.25) is 11.8 Å². The monoisotopic (exact) mass is 413 g/mol. The van der Waals surface area contributed by atoms with E-state index in [0.29, 0.717) is 13.1 Å². The Kier molecular flexibility index (Phi) is 5.66. The molecule has 2 saturated heterocycles. The van der Waals surface area contributed by atoms with Crippen LogP contribution in [-0.2, 0) is 29.1 Å². The van der Waals surface area contributed by atoms with Crippen LogP contribution in [0.3, 0.4) is 0 Å². The standard InChI is InChI=1S/C22H31N5O3/c1-4-18-13-19(30-24-18)14-25-10-5-8-22(21(25)29)9-6-11-27(17(22)3)20(28)15-26-12-7-16(2)23-26/h7,12-13,17H,4-6,8-11,14-15H2,1-3H3/t17-,22-/m0/s1. The first kappa shape index (κ1) is 20.6. The van der Waals surface area contributed by atoms with Crippen LogP contribution in [-0.4, -0.2) is 55.7 Å².